The topological polar surface area (TPSA) is 103 Å². The molecule has 1 aromatic carbocycles. The molecule has 0 aliphatic carbocycles. The molecule has 162 valence electrons. The SMILES string of the molecule is CC(C)(C)OC(=O)N1CC(C=O)N(/C(C=N)=C(\Cl)C(=O)Nc2cc(F)cc(F)c2)C1. The van der Waals surface area contributed by atoms with Gasteiger partial charge in [-0.1, -0.05) is 11.6 Å². The third-order valence-corrected chi connectivity index (χ3v) is 4.30. The maximum atomic E-state index is 13.3. The summed E-state index contributed by atoms with van der Waals surface area (Å²) in [4.78, 5) is 38.7. The fraction of sp³-hybridized carbons (Fsp3) is 0.368. The second-order valence-electron chi connectivity index (χ2n) is 7.47. The summed E-state index contributed by atoms with van der Waals surface area (Å²) in [5.74, 6) is -2.74. The highest BCUT2D eigenvalue weighted by molar-refractivity contribution is 6.45. The third-order valence-electron chi connectivity index (χ3n) is 3.93. The minimum absolute atomic E-state index is 0.0311. The van der Waals surface area contributed by atoms with Crippen molar-refractivity contribution in [2.75, 3.05) is 18.5 Å². The number of carbonyl (C=O) groups is 3. The lowest BCUT2D eigenvalue weighted by Crippen LogP contribution is -2.36. The van der Waals surface area contributed by atoms with E-state index >= 15 is 0 Å². The van der Waals surface area contributed by atoms with E-state index in [1.54, 1.807) is 20.8 Å². The van der Waals surface area contributed by atoms with Gasteiger partial charge in [-0.15, -0.1) is 0 Å². The van der Waals surface area contributed by atoms with Crippen LogP contribution in [-0.2, 0) is 14.3 Å². The number of nitrogens with zero attached hydrogens (tertiary/aromatic N) is 2. The number of hydrogen-bond acceptors (Lipinski definition) is 6. The normalized spacial score (nSPS) is 17.3. The molecule has 0 saturated carbocycles. The molecule has 1 fully saturated rings. The summed E-state index contributed by atoms with van der Waals surface area (Å²) < 4.78 is 31.9. The van der Waals surface area contributed by atoms with Crippen molar-refractivity contribution in [2.24, 2.45) is 0 Å². The molecule has 2 N–H and O–H groups in total. The Morgan fingerprint density at radius 2 is 1.87 bits per heavy atom. The van der Waals surface area contributed by atoms with Crippen LogP contribution in [0.2, 0.25) is 0 Å². The Balaban J connectivity index is 2.25. The number of ether oxygens (including phenoxy) is 1. The van der Waals surface area contributed by atoms with Crippen molar-refractivity contribution in [3.8, 4) is 0 Å². The summed E-state index contributed by atoms with van der Waals surface area (Å²) >= 11 is 6.10. The van der Waals surface area contributed by atoms with Gasteiger partial charge >= 0.3 is 6.09 Å². The van der Waals surface area contributed by atoms with E-state index in [2.05, 4.69) is 5.32 Å². The zero-order chi connectivity index (χ0) is 22.6. The van der Waals surface area contributed by atoms with Crippen LogP contribution in [-0.4, -0.2) is 59.2 Å². The first kappa shape index (κ1) is 23.3. The van der Waals surface area contributed by atoms with Gasteiger partial charge in [-0.05, 0) is 32.9 Å². The van der Waals surface area contributed by atoms with Crippen molar-refractivity contribution in [3.63, 3.8) is 0 Å². The van der Waals surface area contributed by atoms with Crippen LogP contribution < -0.4 is 5.32 Å². The van der Waals surface area contributed by atoms with Crippen LogP contribution in [0.15, 0.2) is 28.9 Å². The van der Waals surface area contributed by atoms with Gasteiger partial charge in [0.05, 0.1) is 18.9 Å². The van der Waals surface area contributed by atoms with Gasteiger partial charge in [-0.2, -0.15) is 0 Å². The van der Waals surface area contributed by atoms with E-state index < -0.39 is 40.3 Å². The molecule has 0 radical (unpaired) electrons. The van der Waals surface area contributed by atoms with Crippen LogP contribution >= 0.6 is 11.6 Å². The second-order valence-corrected chi connectivity index (χ2v) is 7.85. The van der Waals surface area contributed by atoms with Crippen molar-refractivity contribution in [2.45, 2.75) is 32.4 Å². The van der Waals surface area contributed by atoms with Crippen molar-refractivity contribution in [3.05, 3.63) is 40.6 Å². The molecule has 2 amide bonds. The van der Waals surface area contributed by atoms with Crippen LogP contribution in [0, 0.1) is 17.0 Å². The highest BCUT2D eigenvalue weighted by Gasteiger charge is 2.37. The number of rotatable bonds is 5. The zero-order valence-corrected chi connectivity index (χ0v) is 17.3. The number of aldehydes is 1. The van der Waals surface area contributed by atoms with E-state index in [4.69, 9.17) is 21.7 Å². The van der Waals surface area contributed by atoms with Gasteiger partial charge in [0.1, 0.15) is 34.6 Å². The highest BCUT2D eigenvalue weighted by atomic mass is 35.5. The van der Waals surface area contributed by atoms with Crippen LogP contribution in [0.5, 0.6) is 0 Å². The quantitative estimate of drug-likeness (QED) is 0.414. The van der Waals surface area contributed by atoms with Crippen LogP contribution in [0.4, 0.5) is 19.3 Å². The summed E-state index contributed by atoms with van der Waals surface area (Å²) in [6.45, 7) is 4.89. The maximum Gasteiger partial charge on any atom is 0.411 e. The Labute approximate surface area is 176 Å². The first-order chi connectivity index (χ1) is 13.9. The maximum absolute atomic E-state index is 13.3. The molecule has 1 aliphatic rings. The number of carbonyl (C=O) groups excluding carboxylic acids is 3. The monoisotopic (exact) mass is 442 g/mol. The minimum Gasteiger partial charge on any atom is -0.444 e. The Hall–Kier alpha value is -3.01. The van der Waals surface area contributed by atoms with Gasteiger partial charge in [0, 0.05) is 18.0 Å². The van der Waals surface area contributed by atoms with E-state index in [0.717, 1.165) is 18.3 Å². The Bertz CT molecular complexity index is 881. The molecule has 8 nitrogen and oxygen atoms in total. The first-order valence-electron chi connectivity index (χ1n) is 8.82. The Kier molecular flexibility index (Phi) is 7.14. The predicted molar refractivity (Wildman–Crippen MR) is 106 cm³/mol. The zero-order valence-electron chi connectivity index (χ0n) is 16.5. The van der Waals surface area contributed by atoms with E-state index in [9.17, 15) is 23.2 Å². The molecule has 1 unspecified atom stereocenters. The molecule has 1 aromatic rings. The van der Waals surface area contributed by atoms with Crippen molar-refractivity contribution in [1.82, 2.24) is 9.80 Å². The molecule has 0 bridgehead atoms. The number of amides is 2. The molecule has 11 heteroatoms. The smallest absolute Gasteiger partial charge is 0.411 e. The Morgan fingerprint density at radius 1 is 1.27 bits per heavy atom. The Morgan fingerprint density at radius 3 is 2.37 bits per heavy atom. The van der Waals surface area contributed by atoms with Crippen molar-refractivity contribution >= 4 is 41.8 Å². The molecule has 1 aliphatic heterocycles. The average Bonchev–Trinajstić information content (AvgIpc) is 3.04. The molecule has 30 heavy (non-hydrogen) atoms. The fourth-order valence-electron chi connectivity index (χ4n) is 2.70. The van der Waals surface area contributed by atoms with Gasteiger partial charge in [-0.3, -0.25) is 9.69 Å². The van der Waals surface area contributed by atoms with Gasteiger partial charge in [0.15, 0.2) is 0 Å². The average molecular weight is 443 g/mol. The summed E-state index contributed by atoms with van der Waals surface area (Å²) in [6, 6.07) is 1.55. The van der Waals surface area contributed by atoms with E-state index in [0.29, 0.717) is 12.4 Å². The first-order valence-corrected chi connectivity index (χ1v) is 9.20. The summed E-state index contributed by atoms with van der Waals surface area (Å²) in [6.07, 6.45) is 0.637. The lowest BCUT2D eigenvalue weighted by Gasteiger charge is -2.25. The van der Waals surface area contributed by atoms with Crippen LogP contribution in [0.1, 0.15) is 20.8 Å². The van der Waals surface area contributed by atoms with Crippen LogP contribution in [0.3, 0.4) is 0 Å². The standard InChI is InChI=1S/C19H21ClF2N4O4/c1-19(2,3)30-18(29)25-8-14(9-27)26(10-25)15(7-23)16(20)17(28)24-13-5-11(21)4-12(22)6-13/h4-7,9,14,23H,8,10H2,1-3H3,(H,24,28)/b16-15-,23-7?. The molecule has 1 heterocycles. The molecule has 0 aromatic heterocycles. The van der Waals surface area contributed by atoms with E-state index in [1.165, 1.54) is 9.80 Å². The number of hydrogen-bond donors (Lipinski definition) is 2. The van der Waals surface area contributed by atoms with Crippen molar-refractivity contribution < 1.29 is 27.9 Å². The number of allylic oxidation sites excluding steroid dienone is 1. The van der Waals surface area contributed by atoms with Crippen molar-refractivity contribution in [1.29, 1.82) is 5.41 Å². The predicted octanol–water partition coefficient (Wildman–Crippen LogP) is 3.08. The molecular weight excluding hydrogens is 422 g/mol. The number of anilines is 1. The van der Waals surface area contributed by atoms with E-state index in [-0.39, 0.29) is 24.6 Å². The summed E-state index contributed by atoms with van der Waals surface area (Å²) in [7, 11) is 0. The number of halogens is 3. The molecule has 1 saturated heterocycles. The molecular formula is C19H21ClF2N4O4. The van der Waals surface area contributed by atoms with Gasteiger partial charge in [0.2, 0.25) is 0 Å². The number of nitrogens with one attached hydrogen (secondary N) is 2. The van der Waals surface area contributed by atoms with Crippen LogP contribution in [0.25, 0.3) is 0 Å². The van der Waals surface area contributed by atoms with Gasteiger partial charge in [0.25, 0.3) is 5.91 Å². The number of benzene rings is 1. The third kappa shape index (κ3) is 5.76. The lowest BCUT2D eigenvalue weighted by atomic mass is 10.2. The van der Waals surface area contributed by atoms with Gasteiger partial charge < -0.3 is 25.2 Å². The highest BCUT2D eigenvalue weighted by Crippen LogP contribution is 2.24. The van der Waals surface area contributed by atoms with Gasteiger partial charge in [-0.25, -0.2) is 13.6 Å². The minimum atomic E-state index is -0.944. The second kappa shape index (κ2) is 9.21. The summed E-state index contributed by atoms with van der Waals surface area (Å²) in [5.41, 5.74) is -1.07. The molecule has 2 rings (SSSR count). The fourth-order valence-corrected chi connectivity index (χ4v) is 2.91. The lowest BCUT2D eigenvalue weighted by molar-refractivity contribution is -0.113. The molecule has 1 atom stereocenters. The largest absolute Gasteiger partial charge is 0.444 e. The summed E-state index contributed by atoms with van der Waals surface area (Å²) in [5, 5.41) is 9.35. The molecule has 0 spiro atoms. The van der Waals surface area contributed by atoms with E-state index in [1.807, 2.05) is 0 Å².